The Labute approximate surface area is 96.1 Å². The highest BCUT2D eigenvalue weighted by atomic mass is 16.4. The van der Waals surface area contributed by atoms with Crippen molar-refractivity contribution >= 4 is 17.9 Å². The molecule has 100 valence electrons. The number of aliphatic carboxylic acids is 3. The summed E-state index contributed by atoms with van der Waals surface area (Å²) in [5.41, 5.74) is 4.91. The van der Waals surface area contributed by atoms with Crippen LogP contribution in [0.25, 0.3) is 0 Å². The van der Waals surface area contributed by atoms with Crippen LogP contribution in [0, 0.1) is 0 Å². The van der Waals surface area contributed by atoms with E-state index < -0.39 is 42.6 Å². The number of carboxylic acid groups (broad SMARTS) is 3. The number of nitrogens with two attached hydrogens (primary N) is 1. The van der Waals surface area contributed by atoms with E-state index in [-0.39, 0.29) is 0 Å². The molecule has 0 rings (SSSR count). The largest absolute Gasteiger partial charge is 0.481 e. The van der Waals surface area contributed by atoms with Gasteiger partial charge in [0.15, 0.2) is 6.10 Å². The van der Waals surface area contributed by atoms with E-state index in [0.717, 1.165) is 0 Å². The number of rotatable bonds is 5. The van der Waals surface area contributed by atoms with E-state index >= 15 is 0 Å². The molecule has 0 heterocycles. The van der Waals surface area contributed by atoms with Gasteiger partial charge in [-0.3, -0.25) is 9.59 Å². The van der Waals surface area contributed by atoms with Gasteiger partial charge in [-0.15, -0.1) is 0 Å². The van der Waals surface area contributed by atoms with Gasteiger partial charge in [0, 0.05) is 0 Å². The second kappa shape index (κ2) is 8.44. The third-order valence-corrected chi connectivity index (χ3v) is 1.46. The Morgan fingerprint density at radius 3 is 1.53 bits per heavy atom. The summed E-state index contributed by atoms with van der Waals surface area (Å²) in [6.07, 6.45) is -3.52. The van der Waals surface area contributed by atoms with Crippen molar-refractivity contribution in [3.05, 3.63) is 0 Å². The molecule has 0 aliphatic carbocycles. The second-order valence-corrected chi connectivity index (χ2v) is 3.06. The summed E-state index contributed by atoms with van der Waals surface area (Å²) < 4.78 is 0. The topological polar surface area (TPSA) is 178 Å². The minimum absolute atomic E-state index is 0.755. The first kappa shape index (κ1) is 17.7. The maximum Gasteiger partial charge on any atom is 0.333 e. The van der Waals surface area contributed by atoms with Crippen LogP contribution >= 0.6 is 0 Å². The van der Waals surface area contributed by atoms with Crippen LogP contribution in [-0.2, 0) is 14.4 Å². The van der Waals surface area contributed by atoms with Crippen molar-refractivity contribution in [1.82, 2.24) is 0 Å². The van der Waals surface area contributed by atoms with E-state index in [1.54, 1.807) is 0 Å². The summed E-state index contributed by atoms with van der Waals surface area (Å²) in [6.45, 7) is 1.33. The van der Waals surface area contributed by atoms with E-state index in [2.05, 4.69) is 0 Å². The van der Waals surface area contributed by atoms with Crippen molar-refractivity contribution in [2.75, 3.05) is 0 Å². The third kappa shape index (κ3) is 10.6. The first-order valence-electron chi connectivity index (χ1n) is 4.38. The molecular formula is C8H15NO8. The lowest BCUT2D eigenvalue weighted by atomic mass is 10.2. The van der Waals surface area contributed by atoms with Crippen molar-refractivity contribution in [3.63, 3.8) is 0 Å². The molecule has 0 aromatic carbocycles. The summed E-state index contributed by atoms with van der Waals surface area (Å²) in [5, 5.41) is 40.7. The molecule has 0 fully saturated rings. The number of aliphatic hydroxyl groups is 2. The average Bonchev–Trinajstić information content (AvgIpc) is 2.15. The fourth-order valence-corrected chi connectivity index (χ4v) is 0.459. The van der Waals surface area contributed by atoms with Crippen molar-refractivity contribution in [1.29, 1.82) is 0 Å². The molecule has 17 heavy (non-hydrogen) atoms. The Morgan fingerprint density at radius 2 is 1.47 bits per heavy atom. The molecule has 7 N–H and O–H groups in total. The molecule has 9 nitrogen and oxygen atoms in total. The van der Waals surface area contributed by atoms with Crippen molar-refractivity contribution in [2.24, 2.45) is 5.73 Å². The monoisotopic (exact) mass is 253 g/mol. The maximum atomic E-state index is 9.86. The summed E-state index contributed by atoms with van der Waals surface area (Å²) in [5.74, 6) is -4.03. The Kier molecular flexibility index (Phi) is 8.78. The van der Waals surface area contributed by atoms with Crippen LogP contribution < -0.4 is 5.73 Å². The van der Waals surface area contributed by atoms with E-state index in [9.17, 15) is 14.4 Å². The fraction of sp³-hybridized carbons (Fsp3) is 0.625. The van der Waals surface area contributed by atoms with E-state index in [1.165, 1.54) is 6.92 Å². The predicted octanol–water partition coefficient (Wildman–Crippen LogP) is -2.31. The molecule has 0 radical (unpaired) electrons. The molecule has 0 aromatic heterocycles. The minimum atomic E-state index is -1.79. The molecule has 9 heteroatoms. The van der Waals surface area contributed by atoms with Crippen molar-refractivity contribution in [3.8, 4) is 0 Å². The molecule has 0 spiro atoms. The molecule has 0 aliphatic heterocycles. The first-order chi connectivity index (χ1) is 7.59. The van der Waals surface area contributed by atoms with Crippen LogP contribution in [-0.4, -0.2) is 61.7 Å². The molecule has 0 amide bonds. The van der Waals surface area contributed by atoms with Gasteiger partial charge in [-0.25, -0.2) is 4.79 Å². The van der Waals surface area contributed by atoms with Gasteiger partial charge in [0.05, 0.1) is 12.5 Å². The Balaban J connectivity index is 0. The number of carboxylic acids is 3. The normalized spacial score (nSPS) is 14.8. The van der Waals surface area contributed by atoms with Gasteiger partial charge in [-0.2, -0.15) is 0 Å². The number of aliphatic hydroxyl groups excluding tert-OH is 2. The van der Waals surface area contributed by atoms with Crippen molar-refractivity contribution in [2.45, 2.75) is 31.6 Å². The van der Waals surface area contributed by atoms with E-state index in [0.29, 0.717) is 0 Å². The van der Waals surface area contributed by atoms with Gasteiger partial charge in [-0.05, 0) is 6.92 Å². The lowest BCUT2D eigenvalue weighted by Crippen LogP contribution is -2.39. The van der Waals surface area contributed by atoms with Crippen LogP contribution in [0.15, 0.2) is 0 Å². The first-order valence-corrected chi connectivity index (χ1v) is 4.38. The van der Waals surface area contributed by atoms with Gasteiger partial charge in [0.1, 0.15) is 6.04 Å². The SMILES string of the molecule is CC(O)C(N)C(=O)O.O=C(O)CC(O)C(=O)O. The molecule has 0 saturated heterocycles. The predicted molar refractivity (Wildman–Crippen MR) is 53.2 cm³/mol. The number of hydrogen-bond acceptors (Lipinski definition) is 6. The van der Waals surface area contributed by atoms with Gasteiger partial charge < -0.3 is 31.3 Å². The quantitative estimate of drug-likeness (QED) is 0.313. The smallest absolute Gasteiger partial charge is 0.333 e. The fourth-order valence-electron chi connectivity index (χ4n) is 0.459. The summed E-state index contributed by atoms with van der Waals surface area (Å²) in [7, 11) is 0. The summed E-state index contributed by atoms with van der Waals surface area (Å²) in [6, 6.07) is -1.16. The second-order valence-electron chi connectivity index (χ2n) is 3.06. The van der Waals surface area contributed by atoms with Crippen molar-refractivity contribution < 1.29 is 39.9 Å². The lowest BCUT2D eigenvalue weighted by molar-refractivity contribution is -0.152. The van der Waals surface area contributed by atoms with Gasteiger partial charge >= 0.3 is 17.9 Å². The van der Waals surface area contributed by atoms with Gasteiger partial charge in [0.2, 0.25) is 0 Å². The number of hydrogen-bond donors (Lipinski definition) is 6. The Hall–Kier alpha value is -1.71. The Bertz CT molecular complexity index is 277. The van der Waals surface area contributed by atoms with Gasteiger partial charge in [-0.1, -0.05) is 0 Å². The van der Waals surface area contributed by atoms with Gasteiger partial charge in [0.25, 0.3) is 0 Å². The third-order valence-electron chi connectivity index (χ3n) is 1.46. The number of carbonyl (C=O) groups is 3. The van der Waals surface area contributed by atoms with Crippen LogP contribution in [0.3, 0.4) is 0 Å². The maximum absolute atomic E-state index is 9.86. The molecule has 0 saturated carbocycles. The molecular weight excluding hydrogens is 238 g/mol. The van der Waals surface area contributed by atoms with Crippen LogP contribution in [0.1, 0.15) is 13.3 Å². The van der Waals surface area contributed by atoms with Crippen LogP contribution in [0.5, 0.6) is 0 Å². The molecule has 0 aromatic rings. The molecule has 0 aliphatic rings. The zero-order chi connectivity index (χ0) is 14.2. The molecule has 3 unspecified atom stereocenters. The zero-order valence-electron chi connectivity index (χ0n) is 8.98. The summed E-state index contributed by atoms with van der Waals surface area (Å²) >= 11 is 0. The average molecular weight is 253 g/mol. The minimum Gasteiger partial charge on any atom is -0.481 e. The Morgan fingerprint density at radius 1 is 1.06 bits per heavy atom. The highest BCUT2D eigenvalue weighted by Gasteiger charge is 2.16. The van der Waals surface area contributed by atoms with Crippen LogP contribution in [0.2, 0.25) is 0 Å². The van der Waals surface area contributed by atoms with E-state index in [4.69, 9.17) is 31.3 Å². The highest BCUT2D eigenvalue weighted by Crippen LogP contribution is 1.89. The molecule has 0 bridgehead atoms. The van der Waals surface area contributed by atoms with Crippen LogP contribution in [0.4, 0.5) is 0 Å². The highest BCUT2D eigenvalue weighted by molar-refractivity contribution is 5.79. The standard InChI is InChI=1S/C4H9NO3.C4H6O5/c1-2(6)3(5)4(7)8;5-2(4(8)9)1-3(6)7/h2-3,6H,5H2,1H3,(H,7,8);2,5H,1H2,(H,6,7)(H,8,9). The van der Waals surface area contributed by atoms with E-state index in [1.807, 2.05) is 0 Å². The lowest BCUT2D eigenvalue weighted by Gasteiger charge is -2.06. The zero-order valence-corrected chi connectivity index (χ0v) is 8.98. The molecule has 3 atom stereocenters. The summed E-state index contributed by atoms with van der Waals surface area (Å²) in [4.78, 5) is 29.3.